The van der Waals surface area contributed by atoms with Gasteiger partial charge in [-0.1, -0.05) is 19.9 Å². The number of amides is 1. The van der Waals surface area contributed by atoms with E-state index in [4.69, 9.17) is 4.74 Å². The Labute approximate surface area is 158 Å². The SMILES string of the molecule is COCc1c(C(=O)NCCN2CC(C)CC(C)C2)sc2cccc(F)c12. The molecule has 0 bridgehead atoms. The third kappa shape index (κ3) is 4.24. The van der Waals surface area contributed by atoms with Crippen molar-refractivity contribution in [3.05, 3.63) is 34.5 Å². The van der Waals surface area contributed by atoms with Crippen molar-refractivity contribution in [2.24, 2.45) is 11.8 Å². The molecule has 142 valence electrons. The van der Waals surface area contributed by atoms with Gasteiger partial charge in [0, 0.05) is 48.9 Å². The standard InChI is InChI=1S/C20H27FN2O2S/c1-13-9-14(2)11-23(10-13)8-7-22-20(24)19-15(12-25-3)18-16(21)5-4-6-17(18)26-19/h4-6,13-14H,7-12H2,1-3H3,(H,22,24). The molecule has 0 spiro atoms. The smallest absolute Gasteiger partial charge is 0.261 e. The number of likely N-dealkylation sites (tertiary alicyclic amines) is 1. The molecule has 0 radical (unpaired) electrons. The van der Waals surface area contributed by atoms with Gasteiger partial charge < -0.3 is 15.0 Å². The van der Waals surface area contributed by atoms with Crippen LogP contribution in [0, 0.1) is 17.7 Å². The van der Waals surface area contributed by atoms with Gasteiger partial charge in [-0.25, -0.2) is 4.39 Å². The highest BCUT2D eigenvalue weighted by molar-refractivity contribution is 7.21. The minimum atomic E-state index is -0.304. The topological polar surface area (TPSA) is 41.6 Å². The number of carbonyl (C=O) groups excluding carboxylic acids is 1. The van der Waals surface area contributed by atoms with E-state index in [-0.39, 0.29) is 18.3 Å². The zero-order valence-electron chi connectivity index (χ0n) is 15.7. The van der Waals surface area contributed by atoms with E-state index in [9.17, 15) is 9.18 Å². The molecule has 3 rings (SSSR count). The average molecular weight is 379 g/mol. The van der Waals surface area contributed by atoms with E-state index in [0.717, 1.165) is 24.3 Å². The largest absolute Gasteiger partial charge is 0.380 e. The normalized spacial score (nSPS) is 21.2. The summed E-state index contributed by atoms with van der Waals surface area (Å²) in [5.74, 6) is 0.957. The van der Waals surface area contributed by atoms with Crippen LogP contribution in [0.3, 0.4) is 0 Å². The summed E-state index contributed by atoms with van der Waals surface area (Å²) in [7, 11) is 1.56. The maximum atomic E-state index is 14.2. The lowest BCUT2D eigenvalue weighted by atomic mass is 9.92. The van der Waals surface area contributed by atoms with E-state index in [1.54, 1.807) is 13.2 Å². The molecule has 1 aromatic carbocycles. The number of nitrogens with one attached hydrogen (secondary N) is 1. The second kappa shape index (κ2) is 8.46. The molecule has 2 atom stereocenters. The highest BCUT2D eigenvalue weighted by Crippen LogP contribution is 2.33. The maximum absolute atomic E-state index is 14.2. The molecule has 1 aliphatic heterocycles. The number of thiophene rings is 1. The Morgan fingerprint density at radius 2 is 2.08 bits per heavy atom. The summed E-state index contributed by atoms with van der Waals surface area (Å²) in [4.78, 5) is 15.7. The number of fused-ring (bicyclic) bond motifs is 1. The fourth-order valence-corrected chi connectivity index (χ4v) is 5.15. The number of nitrogens with zero attached hydrogens (tertiary/aromatic N) is 1. The molecule has 1 aliphatic rings. The van der Waals surface area contributed by atoms with Gasteiger partial charge in [0.05, 0.1) is 11.5 Å². The molecule has 0 saturated carbocycles. The second-order valence-electron chi connectivity index (χ2n) is 7.42. The Balaban J connectivity index is 1.68. The van der Waals surface area contributed by atoms with Gasteiger partial charge in [-0.05, 0) is 30.4 Å². The first kappa shape index (κ1) is 19.3. The van der Waals surface area contributed by atoms with Gasteiger partial charge in [-0.15, -0.1) is 11.3 Å². The molecule has 1 saturated heterocycles. The molecule has 1 N–H and O–H groups in total. The van der Waals surface area contributed by atoms with Crippen LogP contribution in [0.4, 0.5) is 4.39 Å². The predicted octanol–water partition coefficient (Wildman–Crippen LogP) is 3.89. The van der Waals surface area contributed by atoms with Crippen LogP contribution in [-0.4, -0.2) is 44.1 Å². The summed E-state index contributed by atoms with van der Waals surface area (Å²) >= 11 is 1.33. The van der Waals surface area contributed by atoms with Gasteiger partial charge in [0.2, 0.25) is 0 Å². The fraction of sp³-hybridized carbons (Fsp3) is 0.550. The number of rotatable bonds is 6. The van der Waals surface area contributed by atoms with E-state index in [0.29, 0.717) is 34.2 Å². The van der Waals surface area contributed by atoms with Gasteiger partial charge in [0.15, 0.2) is 0 Å². The van der Waals surface area contributed by atoms with Crippen molar-refractivity contribution < 1.29 is 13.9 Å². The first-order valence-corrected chi connectivity index (χ1v) is 10.0. The molecule has 1 fully saturated rings. The number of halogens is 1. The molecular weight excluding hydrogens is 351 g/mol. The lowest BCUT2D eigenvalue weighted by Crippen LogP contribution is -2.42. The van der Waals surface area contributed by atoms with Gasteiger partial charge in [0.1, 0.15) is 5.82 Å². The van der Waals surface area contributed by atoms with Crippen LogP contribution in [0.2, 0.25) is 0 Å². The first-order valence-electron chi connectivity index (χ1n) is 9.19. The van der Waals surface area contributed by atoms with Crippen molar-refractivity contribution in [1.82, 2.24) is 10.2 Å². The van der Waals surface area contributed by atoms with Crippen molar-refractivity contribution in [2.45, 2.75) is 26.9 Å². The van der Waals surface area contributed by atoms with Crippen LogP contribution in [0.1, 0.15) is 35.5 Å². The molecule has 2 unspecified atom stereocenters. The van der Waals surface area contributed by atoms with Crippen LogP contribution >= 0.6 is 11.3 Å². The van der Waals surface area contributed by atoms with Crippen molar-refractivity contribution in [2.75, 3.05) is 33.3 Å². The minimum absolute atomic E-state index is 0.143. The van der Waals surface area contributed by atoms with Crippen LogP contribution in [-0.2, 0) is 11.3 Å². The Morgan fingerprint density at radius 1 is 1.35 bits per heavy atom. The molecule has 4 nitrogen and oxygen atoms in total. The van der Waals surface area contributed by atoms with Crippen molar-refractivity contribution in [3.63, 3.8) is 0 Å². The number of piperidine rings is 1. The Bertz CT molecular complexity index is 767. The Hall–Kier alpha value is -1.50. The number of carbonyl (C=O) groups is 1. The van der Waals surface area contributed by atoms with Crippen molar-refractivity contribution >= 4 is 27.3 Å². The lowest BCUT2D eigenvalue weighted by Gasteiger charge is -2.34. The van der Waals surface area contributed by atoms with Crippen LogP contribution in [0.25, 0.3) is 10.1 Å². The predicted molar refractivity (Wildman–Crippen MR) is 104 cm³/mol. The zero-order chi connectivity index (χ0) is 18.7. The Morgan fingerprint density at radius 3 is 2.77 bits per heavy atom. The number of hydrogen-bond acceptors (Lipinski definition) is 4. The molecule has 26 heavy (non-hydrogen) atoms. The number of methoxy groups -OCH3 is 1. The van der Waals surface area contributed by atoms with Gasteiger partial charge in [-0.3, -0.25) is 4.79 Å². The molecule has 2 aromatic rings. The lowest BCUT2D eigenvalue weighted by molar-refractivity contribution is 0.0936. The van der Waals surface area contributed by atoms with Crippen LogP contribution < -0.4 is 5.32 Å². The number of ether oxygens (including phenoxy) is 1. The Kier molecular flexibility index (Phi) is 6.27. The third-order valence-corrected chi connectivity index (χ3v) is 6.11. The highest BCUT2D eigenvalue weighted by atomic mass is 32.1. The fourth-order valence-electron chi connectivity index (χ4n) is 4.02. The summed E-state index contributed by atoms with van der Waals surface area (Å²) in [5, 5.41) is 3.51. The first-order chi connectivity index (χ1) is 12.5. The summed E-state index contributed by atoms with van der Waals surface area (Å²) in [6.45, 7) is 8.41. The molecule has 6 heteroatoms. The van der Waals surface area contributed by atoms with E-state index < -0.39 is 0 Å². The molecule has 1 aromatic heterocycles. The van der Waals surface area contributed by atoms with Crippen LogP contribution in [0.5, 0.6) is 0 Å². The summed E-state index contributed by atoms with van der Waals surface area (Å²) in [6, 6.07) is 4.94. The van der Waals surface area contributed by atoms with Gasteiger partial charge in [-0.2, -0.15) is 0 Å². The highest BCUT2D eigenvalue weighted by Gasteiger charge is 2.23. The summed E-state index contributed by atoms with van der Waals surface area (Å²) in [6.07, 6.45) is 1.27. The van der Waals surface area contributed by atoms with Gasteiger partial charge in [0.25, 0.3) is 5.91 Å². The van der Waals surface area contributed by atoms with E-state index >= 15 is 0 Å². The maximum Gasteiger partial charge on any atom is 0.261 e. The summed E-state index contributed by atoms with van der Waals surface area (Å²) < 4.78 is 20.2. The average Bonchev–Trinajstić information content (AvgIpc) is 2.94. The van der Waals surface area contributed by atoms with E-state index in [2.05, 4.69) is 24.1 Å². The molecule has 0 aliphatic carbocycles. The zero-order valence-corrected chi connectivity index (χ0v) is 16.5. The minimum Gasteiger partial charge on any atom is -0.380 e. The molecular formula is C20H27FN2O2S. The van der Waals surface area contributed by atoms with E-state index in [1.165, 1.54) is 23.8 Å². The monoisotopic (exact) mass is 378 g/mol. The number of benzene rings is 1. The number of hydrogen-bond donors (Lipinski definition) is 1. The second-order valence-corrected chi connectivity index (χ2v) is 8.47. The van der Waals surface area contributed by atoms with Crippen molar-refractivity contribution in [1.29, 1.82) is 0 Å². The van der Waals surface area contributed by atoms with Crippen LogP contribution in [0.15, 0.2) is 18.2 Å². The molecule has 2 heterocycles. The van der Waals surface area contributed by atoms with Crippen molar-refractivity contribution in [3.8, 4) is 0 Å². The van der Waals surface area contributed by atoms with E-state index in [1.807, 2.05) is 6.07 Å². The quantitative estimate of drug-likeness (QED) is 0.829. The van der Waals surface area contributed by atoms with Gasteiger partial charge >= 0.3 is 0 Å². The summed E-state index contributed by atoms with van der Waals surface area (Å²) in [5.41, 5.74) is 0.642. The molecule has 1 amide bonds. The third-order valence-electron chi connectivity index (χ3n) is 4.92.